The molecule has 1 amide bonds. The van der Waals surface area contributed by atoms with Gasteiger partial charge in [0.05, 0.1) is 10.6 Å². The second-order valence-corrected chi connectivity index (χ2v) is 11.8. The topological polar surface area (TPSA) is 145 Å². The van der Waals surface area contributed by atoms with Crippen LogP contribution in [0.15, 0.2) is 47.4 Å². The lowest BCUT2D eigenvalue weighted by atomic mass is 10.1. The number of hydrogen-bond donors (Lipinski definition) is 2. The molecule has 0 saturated carbocycles. The van der Waals surface area contributed by atoms with Crippen molar-refractivity contribution < 1.29 is 27.3 Å². The number of benzene rings is 2. The Morgan fingerprint density at radius 2 is 1.89 bits per heavy atom. The molecule has 0 unspecified atom stereocenters. The van der Waals surface area contributed by atoms with E-state index in [1.54, 1.807) is 27.7 Å². The maximum Gasteiger partial charge on any atom is 0.272 e. The fourth-order valence-corrected chi connectivity index (χ4v) is 5.01. The standard InChI is InChI=1S/C25H30FN5O6S/c1-15(2)14-27-23(32)22-16(3)24(30(28-22)18-9-7-8-17(26)12-18)37-20-11-10-19(31(33)34)13-21(20)38(35,36)29-25(4,5)6/h7-13,15,29H,14H2,1-6H3,(H,27,32). The van der Waals surface area contributed by atoms with Crippen LogP contribution in [0.5, 0.6) is 11.6 Å². The summed E-state index contributed by atoms with van der Waals surface area (Å²) >= 11 is 0. The summed E-state index contributed by atoms with van der Waals surface area (Å²) in [7, 11) is -4.30. The van der Waals surface area contributed by atoms with E-state index >= 15 is 0 Å². The predicted molar refractivity (Wildman–Crippen MR) is 139 cm³/mol. The number of nitro benzene ring substituents is 1. The lowest BCUT2D eigenvalue weighted by Gasteiger charge is -2.21. The number of rotatable bonds is 9. The number of halogens is 1. The van der Waals surface area contributed by atoms with Gasteiger partial charge in [-0.2, -0.15) is 9.78 Å². The number of aromatic nitrogens is 2. The van der Waals surface area contributed by atoms with E-state index in [9.17, 15) is 27.7 Å². The Kier molecular flexibility index (Phi) is 8.22. The number of non-ortho nitro benzene ring substituents is 1. The molecule has 38 heavy (non-hydrogen) atoms. The second kappa shape index (κ2) is 10.9. The van der Waals surface area contributed by atoms with Crippen molar-refractivity contribution in [2.75, 3.05) is 6.54 Å². The van der Waals surface area contributed by atoms with Crippen molar-refractivity contribution in [2.24, 2.45) is 5.92 Å². The quantitative estimate of drug-likeness (QED) is 0.297. The number of nitrogens with one attached hydrogen (secondary N) is 2. The van der Waals surface area contributed by atoms with Crippen molar-refractivity contribution in [3.05, 3.63) is 69.7 Å². The molecule has 0 saturated heterocycles. The minimum atomic E-state index is -4.30. The molecular weight excluding hydrogens is 517 g/mol. The van der Waals surface area contributed by atoms with E-state index in [1.807, 2.05) is 13.8 Å². The first-order chi connectivity index (χ1) is 17.6. The Hall–Kier alpha value is -3.84. The molecule has 0 spiro atoms. The van der Waals surface area contributed by atoms with E-state index in [4.69, 9.17) is 4.74 Å². The number of nitro groups is 1. The van der Waals surface area contributed by atoms with Crippen LogP contribution in [0.3, 0.4) is 0 Å². The van der Waals surface area contributed by atoms with Crippen LogP contribution >= 0.6 is 0 Å². The van der Waals surface area contributed by atoms with Crippen molar-refractivity contribution >= 4 is 21.6 Å². The number of carbonyl (C=O) groups is 1. The highest BCUT2D eigenvalue weighted by molar-refractivity contribution is 7.89. The van der Waals surface area contributed by atoms with Crippen LogP contribution in [0.4, 0.5) is 10.1 Å². The lowest BCUT2D eigenvalue weighted by molar-refractivity contribution is -0.385. The van der Waals surface area contributed by atoms with Gasteiger partial charge in [0, 0.05) is 29.8 Å². The van der Waals surface area contributed by atoms with Crippen molar-refractivity contribution in [1.29, 1.82) is 0 Å². The maximum atomic E-state index is 14.1. The molecule has 2 N–H and O–H groups in total. The molecule has 0 atom stereocenters. The number of hydrogen-bond acceptors (Lipinski definition) is 7. The van der Waals surface area contributed by atoms with E-state index < -0.39 is 42.8 Å². The summed E-state index contributed by atoms with van der Waals surface area (Å²) in [5.74, 6) is -1.21. The van der Waals surface area contributed by atoms with E-state index in [-0.39, 0.29) is 34.5 Å². The largest absolute Gasteiger partial charge is 0.437 e. The van der Waals surface area contributed by atoms with E-state index in [0.29, 0.717) is 6.54 Å². The van der Waals surface area contributed by atoms with Crippen molar-refractivity contribution in [3.8, 4) is 17.3 Å². The Morgan fingerprint density at radius 1 is 1.21 bits per heavy atom. The van der Waals surface area contributed by atoms with E-state index in [2.05, 4.69) is 15.1 Å². The summed E-state index contributed by atoms with van der Waals surface area (Å²) in [5, 5.41) is 18.5. The first-order valence-electron chi connectivity index (χ1n) is 11.7. The zero-order valence-corrected chi connectivity index (χ0v) is 22.7. The fraction of sp³-hybridized carbons (Fsp3) is 0.360. The summed E-state index contributed by atoms with van der Waals surface area (Å²) in [6.45, 7) is 10.6. The Bertz CT molecular complexity index is 1480. The average molecular weight is 548 g/mol. The van der Waals surface area contributed by atoms with Gasteiger partial charge in [-0.25, -0.2) is 17.5 Å². The second-order valence-electron chi connectivity index (χ2n) is 10.1. The van der Waals surface area contributed by atoms with E-state index in [1.165, 1.54) is 28.9 Å². The van der Waals surface area contributed by atoms with Gasteiger partial charge in [-0.05, 0) is 57.9 Å². The third-order valence-corrected chi connectivity index (χ3v) is 6.86. The third kappa shape index (κ3) is 6.72. The summed E-state index contributed by atoms with van der Waals surface area (Å²) in [4.78, 5) is 23.1. The normalized spacial score (nSPS) is 12.0. The number of amides is 1. The number of ether oxygens (including phenoxy) is 1. The molecule has 3 aromatic rings. The van der Waals surface area contributed by atoms with E-state index in [0.717, 1.165) is 18.2 Å². The monoisotopic (exact) mass is 547 g/mol. The molecule has 11 nitrogen and oxygen atoms in total. The Morgan fingerprint density at radius 3 is 2.47 bits per heavy atom. The van der Waals surface area contributed by atoms with Crippen molar-refractivity contribution in [2.45, 2.75) is 52.0 Å². The average Bonchev–Trinajstić information content (AvgIpc) is 3.12. The summed E-state index contributed by atoms with van der Waals surface area (Å²) in [5.41, 5.74) is -0.910. The van der Waals surface area contributed by atoms with Crippen molar-refractivity contribution in [1.82, 2.24) is 19.8 Å². The minimum Gasteiger partial charge on any atom is -0.437 e. The lowest BCUT2D eigenvalue weighted by Crippen LogP contribution is -2.40. The first-order valence-corrected chi connectivity index (χ1v) is 13.2. The van der Waals surface area contributed by atoms with Crippen LogP contribution in [0.25, 0.3) is 5.69 Å². The SMILES string of the molecule is Cc1c(C(=O)NCC(C)C)nn(-c2cccc(F)c2)c1Oc1ccc([N+](=O)[O-])cc1S(=O)(=O)NC(C)(C)C. The predicted octanol–water partition coefficient (Wildman–Crippen LogP) is 4.48. The third-order valence-electron chi connectivity index (χ3n) is 5.08. The molecule has 3 rings (SSSR count). The molecule has 1 aromatic heterocycles. The smallest absolute Gasteiger partial charge is 0.272 e. The Balaban J connectivity index is 2.20. The van der Waals surface area contributed by atoms with Gasteiger partial charge in [-0.15, -0.1) is 0 Å². The van der Waals surface area contributed by atoms with Crippen LogP contribution in [-0.4, -0.2) is 41.1 Å². The van der Waals surface area contributed by atoms with Gasteiger partial charge >= 0.3 is 0 Å². The summed E-state index contributed by atoms with van der Waals surface area (Å²) < 4.78 is 50.2. The van der Waals surface area contributed by atoms with Gasteiger partial charge < -0.3 is 10.1 Å². The van der Waals surface area contributed by atoms with Gasteiger partial charge in [0.1, 0.15) is 16.5 Å². The van der Waals surface area contributed by atoms with Crippen LogP contribution < -0.4 is 14.8 Å². The number of carbonyl (C=O) groups excluding carboxylic acids is 1. The highest BCUT2D eigenvalue weighted by Gasteiger charge is 2.30. The molecule has 2 aromatic carbocycles. The molecule has 0 aliphatic heterocycles. The number of sulfonamides is 1. The first kappa shape index (κ1) is 28.7. The van der Waals surface area contributed by atoms with Gasteiger partial charge in [0.2, 0.25) is 15.9 Å². The van der Waals surface area contributed by atoms with Crippen LogP contribution in [0, 0.1) is 28.8 Å². The van der Waals surface area contributed by atoms with Crippen molar-refractivity contribution in [3.63, 3.8) is 0 Å². The fourth-order valence-electron chi connectivity index (χ4n) is 3.45. The maximum absolute atomic E-state index is 14.1. The summed E-state index contributed by atoms with van der Waals surface area (Å²) in [6, 6.07) is 8.51. The highest BCUT2D eigenvalue weighted by Crippen LogP contribution is 2.36. The molecular formula is C25H30FN5O6S. The molecule has 0 aliphatic carbocycles. The van der Waals surface area contributed by atoms with Gasteiger partial charge in [-0.1, -0.05) is 19.9 Å². The zero-order chi connectivity index (χ0) is 28.4. The minimum absolute atomic E-state index is 0.0101. The Labute approximate surface area is 220 Å². The van der Waals surface area contributed by atoms with Gasteiger partial charge in [0.15, 0.2) is 5.69 Å². The zero-order valence-electron chi connectivity index (χ0n) is 21.9. The van der Waals surface area contributed by atoms with Gasteiger partial charge in [0.25, 0.3) is 11.6 Å². The van der Waals surface area contributed by atoms with Crippen LogP contribution in [0.1, 0.15) is 50.7 Å². The van der Waals surface area contributed by atoms with Crippen LogP contribution in [0.2, 0.25) is 0 Å². The number of nitrogens with zero attached hydrogens (tertiary/aromatic N) is 3. The molecule has 0 bridgehead atoms. The molecule has 0 radical (unpaired) electrons. The molecule has 204 valence electrons. The molecule has 0 fully saturated rings. The van der Waals surface area contributed by atoms with Gasteiger partial charge in [-0.3, -0.25) is 14.9 Å². The summed E-state index contributed by atoms with van der Waals surface area (Å²) in [6.07, 6.45) is 0. The highest BCUT2D eigenvalue weighted by atomic mass is 32.2. The molecule has 1 heterocycles. The molecule has 0 aliphatic rings. The molecule has 13 heteroatoms. The van der Waals surface area contributed by atoms with Crippen LogP contribution in [-0.2, 0) is 10.0 Å².